The van der Waals surface area contributed by atoms with Gasteiger partial charge in [0.1, 0.15) is 0 Å². The predicted octanol–water partition coefficient (Wildman–Crippen LogP) is 2.64. The van der Waals surface area contributed by atoms with Gasteiger partial charge in [0.15, 0.2) is 0 Å². The van der Waals surface area contributed by atoms with E-state index in [9.17, 15) is 0 Å². The average molecular weight is 224 g/mol. The molecule has 0 amide bonds. The predicted molar refractivity (Wildman–Crippen MR) is 69.7 cm³/mol. The van der Waals surface area contributed by atoms with E-state index >= 15 is 0 Å². The number of hydrogen-bond donors (Lipinski definition) is 1. The first-order valence-electron chi connectivity index (χ1n) is 7.08. The van der Waals surface area contributed by atoms with Gasteiger partial charge in [-0.15, -0.1) is 0 Å². The molecule has 1 heterocycles. The summed E-state index contributed by atoms with van der Waals surface area (Å²) in [6, 6.07) is 1.41. The molecule has 2 heteroatoms. The summed E-state index contributed by atoms with van der Waals surface area (Å²) in [5, 5.41) is 3.68. The average Bonchev–Trinajstić information content (AvgIpc) is 3.06. The molecule has 0 spiro atoms. The molecule has 1 N–H and O–H groups in total. The molecule has 0 aromatic heterocycles. The van der Waals surface area contributed by atoms with Crippen LogP contribution in [-0.4, -0.2) is 35.6 Å². The second-order valence-corrected chi connectivity index (χ2v) is 6.20. The van der Waals surface area contributed by atoms with Crippen LogP contribution in [-0.2, 0) is 0 Å². The van der Waals surface area contributed by atoms with E-state index in [1.54, 1.807) is 0 Å². The zero-order valence-corrected chi connectivity index (χ0v) is 11.4. The Morgan fingerprint density at radius 2 is 2.12 bits per heavy atom. The molecule has 0 aromatic carbocycles. The summed E-state index contributed by atoms with van der Waals surface area (Å²) in [7, 11) is 0. The quantitative estimate of drug-likeness (QED) is 0.790. The Morgan fingerprint density at radius 3 is 2.69 bits per heavy atom. The van der Waals surface area contributed by atoms with Crippen molar-refractivity contribution in [3.63, 3.8) is 0 Å². The molecule has 0 radical (unpaired) electrons. The van der Waals surface area contributed by atoms with Gasteiger partial charge < -0.3 is 5.32 Å². The summed E-state index contributed by atoms with van der Waals surface area (Å²) in [5.74, 6) is 0.951. The molecule has 0 bridgehead atoms. The van der Waals surface area contributed by atoms with Gasteiger partial charge in [0.25, 0.3) is 0 Å². The van der Waals surface area contributed by atoms with Gasteiger partial charge in [-0.05, 0) is 46.0 Å². The van der Waals surface area contributed by atoms with Crippen molar-refractivity contribution in [2.24, 2.45) is 5.92 Å². The third-order valence-electron chi connectivity index (χ3n) is 4.63. The van der Waals surface area contributed by atoms with Crippen LogP contribution in [0.4, 0.5) is 0 Å². The third kappa shape index (κ3) is 2.28. The third-order valence-corrected chi connectivity index (χ3v) is 4.63. The fraction of sp³-hybridized carbons (Fsp3) is 1.00. The van der Waals surface area contributed by atoms with Gasteiger partial charge in [0.2, 0.25) is 0 Å². The fourth-order valence-electron chi connectivity index (χ4n) is 3.39. The monoisotopic (exact) mass is 224 g/mol. The Hall–Kier alpha value is -0.0800. The Kier molecular flexibility index (Phi) is 3.60. The van der Waals surface area contributed by atoms with E-state index in [1.165, 1.54) is 38.8 Å². The zero-order valence-electron chi connectivity index (χ0n) is 11.4. The highest BCUT2D eigenvalue weighted by Crippen LogP contribution is 2.44. The van der Waals surface area contributed by atoms with Crippen LogP contribution in [0.5, 0.6) is 0 Å². The maximum Gasteiger partial charge on any atom is 0.0337 e. The number of piperazine rings is 1. The lowest BCUT2D eigenvalue weighted by molar-refractivity contribution is 0.00374. The molecule has 2 nitrogen and oxygen atoms in total. The van der Waals surface area contributed by atoms with Crippen LogP contribution in [0.2, 0.25) is 0 Å². The molecule has 1 aliphatic heterocycles. The molecule has 1 saturated carbocycles. The minimum absolute atomic E-state index is 0.432. The van der Waals surface area contributed by atoms with E-state index in [0.717, 1.165) is 12.0 Å². The van der Waals surface area contributed by atoms with Crippen LogP contribution < -0.4 is 5.32 Å². The van der Waals surface area contributed by atoms with Crippen LogP contribution in [0.15, 0.2) is 0 Å². The Bertz CT molecular complexity index is 237. The highest BCUT2D eigenvalue weighted by Gasteiger charge is 2.48. The zero-order chi connectivity index (χ0) is 11.8. The molecule has 0 aromatic rings. The van der Waals surface area contributed by atoms with Crippen molar-refractivity contribution < 1.29 is 0 Å². The van der Waals surface area contributed by atoms with E-state index in [4.69, 9.17) is 0 Å². The minimum atomic E-state index is 0.432. The van der Waals surface area contributed by atoms with E-state index < -0.39 is 0 Å². The maximum absolute atomic E-state index is 3.68. The molecule has 3 atom stereocenters. The van der Waals surface area contributed by atoms with E-state index in [2.05, 4.69) is 37.9 Å². The molecule has 16 heavy (non-hydrogen) atoms. The van der Waals surface area contributed by atoms with Gasteiger partial charge in [0, 0.05) is 30.7 Å². The van der Waals surface area contributed by atoms with Gasteiger partial charge >= 0.3 is 0 Å². The fourth-order valence-corrected chi connectivity index (χ4v) is 3.39. The highest BCUT2D eigenvalue weighted by atomic mass is 15.3. The van der Waals surface area contributed by atoms with Crippen molar-refractivity contribution in [1.29, 1.82) is 0 Å². The van der Waals surface area contributed by atoms with Crippen LogP contribution in [0.3, 0.4) is 0 Å². The maximum atomic E-state index is 3.68. The Morgan fingerprint density at radius 1 is 1.44 bits per heavy atom. The van der Waals surface area contributed by atoms with E-state index in [-0.39, 0.29) is 0 Å². The molecule has 2 rings (SSSR count). The summed E-state index contributed by atoms with van der Waals surface area (Å²) in [4.78, 5) is 2.80. The summed E-state index contributed by atoms with van der Waals surface area (Å²) in [5.41, 5.74) is 0.432. The van der Waals surface area contributed by atoms with Crippen molar-refractivity contribution in [2.75, 3.05) is 13.1 Å². The number of hydrogen-bond acceptors (Lipinski definition) is 2. The molecular weight excluding hydrogens is 196 g/mol. The molecule has 2 aliphatic rings. The first kappa shape index (κ1) is 12.4. The van der Waals surface area contributed by atoms with Crippen molar-refractivity contribution in [2.45, 2.75) is 71.0 Å². The molecular formula is C14H28N2. The van der Waals surface area contributed by atoms with Crippen LogP contribution in [0.1, 0.15) is 53.4 Å². The molecule has 1 saturated heterocycles. The smallest absolute Gasteiger partial charge is 0.0337 e. The number of rotatable bonds is 4. The van der Waals surface area contributed by atoms with Crippen LogP contribution in [0, 0.1) is 5.92 Å². The highest BCUT2D eigenvalue weighted by molar-refractivity contribution is 5.05. The minimum Gasteiger partial charge on any atom is -0.311 e. The molecule has 2 fully saturated rings. The normalized spacial score (nSPS) is 38.6. The molecule has 3 unspecified atom stereocenters. The Labute approximate surface area is 101 Å². The lowest BCUT2D eigenvalue weighted by Gasteiger charge is -2.51. The lowest BCUT2D eigenvalue weighted by Crippen LogP contribution is -2.65. The second kappa shape index (κ2) is 4.66. The SMILES string of the molecule is CCCC(C)N1CC(C)NCC1(C)C1CC1. The summed E-state index contributed by atoms with van der Waals surface area (Å²) < 4.78 is 0. The summed E-state index contributed by atoms with van der Waals surface area (Å²) >= 11 is 0. The van der Waals surface area contributed by atoms with Crippen molar-refractivity contribution in [3.05, 3.63) is 0 Å². The van der Waals surface area contributed by atoms with Gasteiger partial charge in [-0.1, -0.05) is 13.3 Å². The van der Waals surface area contributed by atoms with Crippen molar-refractivity contribution >= 4 is 0 Å². The topological polar surface area (TPSA) is 15.3 Å². The first-order valence-corrected chi connectivity index (χ1v) is 7.08. The largest absolute Gasteiger partial charge is 0.311 e. The first-order chi connectivity index (χ1) is 7.58. The van der Waals surface area contributed by atoms with Gasteiger partial charge in [-0.25, -0.2) is 0 Å². The van der Waals surface area contributed by atoms with Crippen LogP contribution >= 0.6 is 0 Å². The van der Waals surface area contributed by atoms with Gasteiger partial charge in [-0.2, -0.15) is 0 Å². The number of nitrogens with zero attached hydrogens (tertiary/aromatic N) is 1. The van der Waals surface area contributed by atoms with Gasteiger partial charge in [0.05, 0.1) is 0 Å². The molecule has 94 valence electrons. The number of nitrogens with one attached hydrogen (secondary N) is 1. The second-order valence-electron chi connectivity index (χ2n) is 6.20. The van der Waals surface area contributed by atoms with Gasteiger partial charge in [-0.3, -0.25) is 4.90 Å². The molecule has 1 aliphatic carbocycles. The lowest BCUT2D eigenvalue weighted by atomic mass is 9.87. The van der Waals surface area contributed by atoms with E-state index in [1.807, 2.05) is 0 Å². The summed E-state index contributed by atoms with van der Waals surface area (Å²) in [6.45, 7) is 11.9. The summed E-state index contributed by atoms with van der Waals surface area (Å²) in [6.07, 6.45) is 5.54. The van der Waals surface area contributed by atoms with Crippen LogP contribution in [0.25, 0.3) is 0 Å². The van der Waals surface area contributed by atoms with Crippen molar-refractivity contribution in [3.8, 4) is 0 Å². The Balaban J connectivity index is 2.08. The standard InChI is InChI=1S/C14H28N2/c1-5-6-12(3)16-9-11(2)15-10-14(16,4)13-7-8-13/h11-13,15H,5-10H2,1-4H3. The van der Waals surface area contributed by atoms with E-state index in [0.29, 0.717) is 11.6 Å². The van der Waals surface area contributed by atoms with Crippen molar-refractivity contribution in [1.82, 2.24) is 10.2 Å².